The Labute approximate surface area is 320 Å². The average Bonchev–Trinajstić information content (AvgIpc) is 3.61. The molecule has 4 bridgehead atoms. The Kier molecular flexibility index (Phi) is 10.6. The van der Waals surface area contributed by atoms with Gasteiger partial charge in [-0.05, 0) is 124 Å². The van der Waals surface area contributed by atoms with Crippen LogP contribution in [0.3, 0.4) is 0 Å². The van der Waals surface area contributed by atoms with Crippen LogP contribution in [0.2, 0.25) is 0 Å². The molecular formula is C45H57N3O6. The van der Waals surface area contributed by atoms with Crippen LogP contribution in [-0.4, -0.2) is 58.4 Å². The van der Waals surface area contributed by atoms with Crippen molar-refractivity contribution in [3.05, 3.63) is 95.1 Å². The highest BCUT2D eigenvalue weighted by Crippen LogP contribution is 2.55. The number of hydrogen-bond acceptors (Lipinski definition) is 7. The summed E-state index contributed by atoms with van der Waals surface area (Å²) in [5, 5.41) is 16.3. The topological polar surface area (TPSA) is 109 Å². The molecule has 288 valence electrons. The predicted octanol–water partition coefficient (Wildman–Crippen LogP) is 7.97. The first-order valence-electron chi connectivity index (χ1n) is 20.2. The third-order valence-electron chi connectivity index (χ3n) is 12.5. The SMILES string of the molecule is CC(C)(C)OC(=O)[C@@H]1CCCN1C[C@H]1C[C@@H](c2ccc(CO)cc2)O[C@@H](c2ccc(-c3ccccc3CNC(=O)NC34CC5CC(CC(C5)C3)C4)cc2)O1. The lowest BCUT2D eigenvalue weighted by Crippen LogP contribution is -2.61. The van der Waals surface area contributed by atoms with Crippen molar-refractivity contribution in [1.82, 2.24) is 15.5 Å². The van der Waals surface area contributed by atoms with Crippen LogP contribution in [-0.2, 0) is 32.2 Å². The molecule has 0 radical (unpaired) electrons. The zero-order valence-corrected chi connectivity index (χ0v) is 32.1. The van der Waals surface area contributed by atoms with E-state index in [-0.39, 0.29) is 42.4 Å². The fraction of sp³-hybridized carbons (Fsp3) is 0.556. The molecule has 9 heteroatoms. The molecule has 0 aromatic heterocycles. The molecule has 9 nitrogen and oxygen atoms in total. The van der Waals surface area contributed by atoms with Gasteiger partial charge in [-0.2, -0.15) is 0 Å². The van der Waals surface area contributed by atoms with Crippen molar-refractivity contribution in [2.24, 2.45) is 17.8 Å². The number of carbonyl (C=O) groups is 2. The second-order valence-electron chi connectivity index (χ2n) is 17.8. The maximum atomic E-state index is 13.3. The molecule has 2 aliphatic heterocycles. The molecule has 9 rings (SSSR count). The highest BCUT2D eigenvalue weighted by Gasteiger charge is 2.51. The Hall–Kier alpha value is -3.76. The highest BCUT2D eigenvalue weighted by molar-refractivity contribution is 5.77. The molecule has 4 saturated carbocycles. The van der Waals surface area contributed by atoms with Crippen molar-refractivity contribution >= 4 is 12.0 Å². The minimum atomic E-state index is -0.604. The maximum Gasteiger partial charge on any atom is 0.323 e. The molecule has 0 spiro atoms. The van der Waals surface area contributed by atoms with E-state index >= 15 is 0 Å². The number of hydrogen-bond donors (Lipinski definition) is 3. The summed E-state index contributed by atoms with van der Waals surface area (Å²) in [7, 11) is 0. The Balaban J connectivity index is 0.955. The first kappa shape index (κ1) is 37.2. The van der Waals surface area contributed by atoms with Crippen LogP contribution >= 0.6 is 0 Å². The number of rotatable bonds is 10. The highest BCUT2D eigenvalue weighted by atomic mass is 16.7. The molecule has 2 heterocycles. The van der Waals surface area contributed by atoms with Gasteiger partial charge in [-0.3, -0.25) is 9.69 Å². The molecule has 2 saturated heterocycles. The van der Waals surface area contributed by atoms with Crippen molar-refractivity contribution in [2.45, 2.75) is 127 Å². The summed E-state index contributed by atoms with van der Waals surface area (Å²) in [5.74, 6) is 2.17. The molecule has 6 aliphatic rings. The molecule has 4 atom stereocenters. The summed E-state index contributed by atoms with van der Waals surface area (Å²) in [4.78, 5) is 28.6. The van der Waals surface area contributed by atoms with Gasteiger partial charge in [0.05, 0.1) is 18.8 Å². The first-order valence-corrected chi connectivity index (χ1v) is 20.2. The number of esters is 1. The van der Waals surface area contributed by atoms with E-state index in [0.717, 1.165) is 89.8 Å². The van der Waals surface area contributed by atoms with E-state index in [1.54, 1.807) is 0 Å². The summed E-state index contributed by atoms with van der Waals surface area (Å²) in [5.41, 5.74) is 5.43. The molecule has 3 aromatic rings. The number of nitrogens with zero attached hydrogens (tertiary/aromatic N) is 1. The van der Waals surface area contributed by atoms with Crippen LogP contribution in [0, 0.1) is 17.8 Å². The Morgan fingerprint density at radius 1 is 0.870 bits per heavy atom. The van der Waals surface area contributed by atoms with Crippen molar-refractivity contribution in [1.29, 1.82) is 0 Å². The van der Waals surface area contributed by atoms with E-state index in [1.165, 1.54) is 19.3 Å². The lowest BCUT2D eigenvalue weighted by Gasteiger charge is -2.56. The Morgan fingerprint density at radius 2 is 1.54 bits per heavy atom. The van der Waals surface area contributed by atoms with E-state index in [2.05, 4.69) is 51.9 Å². The molecule has 3 N–H and O–H groups in total. The van der Waals surface area contributed by atoms with Crippen LogP contribution in [0.25, 0.3) is 11.1 Å². The largest absolute Gasteiger partial charge is 0.459 e. The maximum absolute atomic E-state index is 13.3. The number of urea groups is 1. The predicted molar refractivity (Wildman–Crippen MR) is 207 cm³/mol. The van der Waals surface area contributed by atoms with Gasteiger partial charge < -0.3 is 30.0 Å². The van der Waals surface area contributed by atoms with Gasteiger partial charge in [0.2, 0.25) is 0 Å². The van der Waals surface area contributed by atoms with Gasteiger partial charge in [0.15, 0.2) is 6.29 Å². The molecule has 6 fully saturated rings. The number of nitrogens with one attached hydrogen (secondary N) is 2. The number of ether oxygens (including phenoxy) is 3. The van der Waals surface area contributed by atoms with Gasteiger partial charge in [0, 0.05) is 30.6 Å². The minimum absolute atomic E-state index is 0.0121. The summed E-state index contributed by atoms with van der Waals surface area (Å²) >= 11 is 0. The number of amides is 2. The fourth-order valence-corrected chi connectivity index (χ4v) is 10.5. The van der Waals surface area contributed by atoms with Gasteiger partial charge in [0.1, 0.15) is 11.6 Å². The third-order valence-corrected chi connectivity index (χ3v) is 12.5. The van der Waals surface area contributed by atoms with Crippen molar-refractivity contribution in [3.8, 4) is 11.1 Å². The number of aliphatic hydroxyl groups excluding tert-OH is 1. The summed E-state index contributed by atoms with van der Waals surface area (Å²) in [6, 6.07) is 24.2. The second kappa shape index (κ2) is 15.4. The van der Waals surface area contributed by atoms with Crippen molar-refractivity contribution < 1.29 is 28.9 Å². The van der Waals surface area contributed by atoms with Crippen LogP contribution in [0.15, 0.2) is 72.8 Å². The zero-order valence-electron chi connectivity index (χ0n) is 32.1. The normalized spacial score (nSPS) is 30.6. The zero-order chi connectivity index (χ0) is 37.5. The summed E-state index contributed by atoms with van der Waals surface area (Å²) in [6.45, 7) is 7.58. The third kappa shape index (κ3) is 8.40. The van der Waals surface area contributed by atoms with Crippen LogP contribution in [0.5, 0.6) is 0 Å². The van der Waals surface area contributed by atoms with E-state index in [4.69, 9.17) is 14.2 Å². The number of benzene rings is 3. The van der Waals surface area contributed by atoms with E-state index in [0.29, 0.717) is 19.5 Å². The molecule has 2 amide bonds. The standard InChI is InChI=1S/C45H57N3O6/c1-44(2,3)54-41(50)39-9-6-18-48(39)27-37-22-40(34-12-10-29(28-49)11-13-34)53-42(52-37)35-16-14-33(15-17-35)38-8-5-4-7-36(38)26-46-43(51)47-45-23-30-19-31(24-45)21-32(20-30)25-45/h4-5,7-8,10-17,30-32,37,39-40,42,49H,6,9,18-28H2,1-3H3,(H2,46,47,51)/t30?,31?,32?,37-,39+,40+,42+,45?/m1/s1. The number of carbonyl (C=O) groups excluding carboxylic acids is 2. The van der Waals surface area contributed by atoms with Crippen LogP contribution in [0.4, 0.5) is 4.79 Å². The number of aliphatic hydroxyl groups is 1. The quantitative estimate of drug-likeness (QED) is 0.181. The molecular weight excluding hydrogens is 679 g/mol. The monoisotopic (exact) mass is 735 g/mol. The molecule has 0 unspecified atom stereocenters. The lowest BCUT2D eigenvalue weighted by atomic mass is 9.53. The summed E-state index contributed by atoms with van der Waals surface area (Å²) in [6.07, 6.45) is 8.80. The smallest absolute Gasteiger partial charge is 0.323 e. The molecule has 54 heavy (non-hydrogen) atoms. The van der Waals surface area contributed by atoms with E-state index in [1.807, 2.05) is 57.2 Å². The van der Waals surface area contributed by atoms with Crippen molar-refractivity contribution in [2.75, 3.05) is 13.1 Å². The van der Waals surface area contributed by atoms with Gasteiger partial charge in [-0.1, -0.05) is 72.8 Å². The fourth-order valence-electron chi connectivity index (χ4n) is 10.5. The van der Waals surface area contributed by atoms with Gasteiger partial charge in [0.25, 0.3) is 0 Å². The minimum Gasteiger partial charge on any atom is -0.459 e. The van der Waals surface area contributed by atoms with Crippen LogP contribution in [0.1, 0.15) is 113 Å². The lowest BCUT2D eigenvalue weighted by molar-refractivity contribution is -0.253. The molecule has 4 aliphatic carbocycles. The Bertz CT molecular complexity index is 1750. The van der Waals surface area contributed by atoms with Gasteiger partial charge >= 0.3 is 12.0 Å². The summed E-state index contributed by atoms with van der Waals surface area (Å²) < 4.78 is 19.1. The van der Waals surface area contributed by atoms with E-state index in [9.17, 15) is 14.7 Å². The average molecular weight is 736 g/mol. The van der Waals surface area contributed by atoms with Crippen molar-refractivity contribution in [3.63, 3.8) is 0 Å². The van der Waals surface area contributed by atoms with E-state index < -0.39 is 11.9 Å². The van der Waals surface area contributed by atoms with Crippen LogP contribution < -0.4 is 10.6 Å². The van der Waals surface area contributed by atoms with Gasteiger partial charge in [-0.15, -0.1) is 0 Å². The second-order valence-corrected chi connectivity index (χ2v) is 17.8. The first-order chi connectivity index (χ1) is 26.0. The Morgan fingerprint density at radius 3 is 2.20 bits per heavy atom. The van der Waals surface area contributed by atoms with Gasteiger partial charge in [-0.25, -0.2) is 4.79 Å². The number of likely N-dealkylation sites (tertiary alicyclic amines) is 1. The molecule has 3 aromatic carbocycles.